The van der Waals surface area contributed by atoms with Gasteiger partial charge in [0.15, 0.2) is 0 Å². The second-order valence-electron chi connectivity index (χ2n) is 7.29. The lowest BCUT2D eigenvalue weighted by molar-refractivity contribution is -0.148. The number of unbranched alkanes of at least 4 members (excludes halogenated alkanes) is 1. The highest BCUT2D eigenvalue weighted by Gasteiger charge is 2.47. The maximum absolute atomic E-state index is 13.3. The maximum atomic E-state index is 13.3. The molecule has 7 heteroatoms. The van der Waals surface area contributed by atoms with Gasteiger partial charge in [-0.05, 0) is 68.3 Å². The van der Waals surface area contributed by atoms with E-state index in [0.717, 1.165) is 50.6 Å². The number of hydrogen-bond donors (Lipinski definition) is 3. The second-order valence-corrected chi connectivity index (χ2v) is 7.73. The number of carboxylic acid groups (broad SMARTS) is 1. The number of nitrogens with one attached hydrogen (secondary N) is 1. The Morgan fingerprint density at radius 1 is 1.35 bits per heavy atom. The van der Waals surface area contributed by atoms with Crippen molar-refractivity contribution in [2.45, 2.75) is 62.8 Å². The fraction of sp³-hybridized carbons (Fsp3) is 0.632. The third kappa shape index (κ3) is 5.70. The quantitative estimate of drug-likeness (QED) is 0.406. The van der Waals surface area contributed by atoms with Crippen molar-refractivity contribution < 1.29 is 14.3 Å². The molecule has 4 nitrogen and oxygen atoms in total. The molecule has 2 radical (unpaired) electrons. The fourth-order valence-corrected chi connectivity index (χ4v) is 3.85. The number of halogens is 2. The molecule has 26 heavy (non-hydrogen) atoms. The van der Waals surface area contributed by atoms with Crippen LogP contribution in [-0.2, 0) is 11.2 Å². The SMILES string of the molecule is [B]CCCCC(N)(C(=O)O)C1CC(NCCCc2cc(F)cc(Cl)c2)C1. The number of carbonyl (C=O) groups is 1. The Bertz CT molecular complexity index is 593. The molecule has 1 aromatic rings. The molecule has 0 saturated heterocycles. The summed E-state index contributed by atoms with van der Waals surface area (Å²) in [5.74, 6) is -1.23. The molecule has 1 atom stereocenters. The van der Waals surface area contributed by atoms with E-state index in [-0.39, 0.29) is 11.7 Å². The van der Waals surface area contributed by atoms with E-state index in [9.17, 15) is 14.3 Å². The molecule has 1 saturated carbocycles. The summed E-state index contributed by atoms with van der Waals surface area (Å²) < 4.78 is 13.3. The second kappa shape index (κ2) is 9.72. The number of rotatable bonds is 11. The Labute approximate surface area is 161 Å². The van der Waals surface area contributed by atoms with Gasteiger partial charge in [-0.3, -0.25) is 4.79 Å². The molecule has 0 heterocycles. The molecule has 1 aliphatic carbocycles. The Morgan fingerprint density at radius 2 is 2.08 bits per heavy atom. The molecule has 0 spiro atoms. The van der Waals surface area contributed by atoms with Crippen LogP contribution in [-0.4, -0.2) is 37.0 Å². The fourth-order valence-electron chi connectivity index (χ4n) is 3.61. The smallest absolute Gasteiger partial charge is 0.323 e. The van der Waals surface area contributed by atoms with Gasteiger partial charge in [0.05, 0.1) is 7.85 Å². The van der Waals surface area contributed by atoms with Crippen LogP contribution in [0.2, 0.25) is 11.3 Å². The third-order valence-electron chi connectivity index (χ3n) is 5.31. The van der Waals surface area contributed by atoms with Crippen molar-refractivity contribution in [2.24, 2.45) is 11.7 Å². The van der Waals surface area contributed by atoms with E-state index in [1.807, 2.05) is 0 Å². The molecule has 0 aliphatic heterocycles. The summed E-state index contributed by atoms with van der Waals surface area (Å²) >= 11 is 5.85. The van der Waals surface area contributed by atoms with Crippen molar-refractivity contribution in [2.75, 3.05) is 6.54 Å². The van der Waals surface area contributed by atoms with E-state index < -0.39 is 11.5 Å². The molecule has 1 aromatic carbocycles. The van der Waals surface area contributed by atoms with Crippen molar-refractivity contribution in [3.05, 3.63) is 34.6 Å². The van der Waals surface area contributed by atoms with Crippen molar-refractivity contribution in [1.82, 2.24) is 5.32 Å². The summed E-state index contributed by atoms with van der Waals surface area (Å²) in [4.78, 5) is 11.6. The number of aliphatic carboxylic acids is 1. The lowest BCUT2D eigenvalue weighted by atomic mass is 9.66. The minimum Gasteiger partial charge on any atom is -0.480 e. The standard InChI is InChI=1S/C19H27BClFN2O2/c20-6-2-1-5-19(23,18(25)26)14-10-17(11-14)24-7-3-4-13-8-15(21)12-16(22)9-13/h8-9,12,14,17,24H,1-7,10-11,23H2,(H,25,26). The normalized spacial score (nSPS) is 21.8. The van der Waals surface area contributed by atoms with E-state index in [1.165, 1.54) is 12.1 Å². The van der Waals surface area contributed by atoms with Gasteiger partial charge in [-0.2, -0.15) is 0 Å². The molecular weight excluding hydrogens is 353 g/mol. The highest BCUT2D eigenvalue weighted by molar-refractivity contribution is 6.30. The van der Waals surface area contributed by atoms with Crippen molar-refractivity contribution in [3.63, 3.8) is 0 Å². The maximum Gasteiger partial charge on any atom is 0.323 e. The number of nitrogens with two attached hydrogens (primary N) is 1. The summed E-state index contributed by atoms with van der Waals surface area (Å²) in [6.07, 6.45) is 5.72. The van der Waals surface area contributed by atoms with E-state index >= 15 is 0 Å². The Balaban J connectivity index is 1.69. The van der Waals surface area contributed by atoms with Crippen LogP contribution in [0.25, 0.3) is 0 Å². The number of aryl methyl sites for hydroxylation is 1. The molecule has 0 amide bonds. The highest BCUT2D eigenvalue weighted by atomic mass is 35.5. The minimum atomic E-state index is -1.15. The lowest BCUT2D eigenvalue weighted by Gasteiger charge is -2.45. The van der Waals surface area contributed by atoms with E-state index in [2.05, 4.69) is 5.32 Å². The van der Waals surface area contributed by atoms with Crippen molar-refractivity contribution in [3.8, 4) is 0 Å². The van der Waals surface area contributed by atoms with Crippen molar-refractivity contribution in [1.29, 1.82) is 0 Å². The predicted molar refractivity (Wildman–Crippen MR) is 103 cm³/mol. The first-order chi connectivity index (χ1) is 12.3. The van der Waals surface area contributed by atoms with Gasteiger partial charge in [-0.25, -0.2) is 4.39 Å². The highest BCUT2D eigenvalue weighted by Crippen LogP contribution is 2.38. The Hall–Kier alpha value is -1.11. The van der Waals surface area contributed by atoms with Gasteiger partial charge < -0.3 is 16.2 Å². The summed E-state index contributed by atoms with van der Waals surface area (Å²) in [6, 6.07) is 4.88. The summed E-state index contributed by atoms with van der Waals surface area (Å²) in [5, 5.41) is 13.4. The number of carboxylic acids is 1. The molecule has 2 rings (SSSR count). The van der Waals surface area contributed by atoms with Gasteiger partial charge >= 0.3 is 5.97 Å². The first-order valence-electron chi connectivity index (χ1n) is 9.26. The molecule has 0 aromatic heterocycles. The topological polar surface area (TPSA) is 75.4 Å². The van der Waals surface area contributed by atoms with Gasteiger partial charge in [0.1, 0.15) is 11.4 Å². The zero-order chi connectivity index (χ0) is 19.2. The molecule has 0 bridgehead atoms. The molecule has 4 N–H and O–H groups in total. The Morgan fingerprint density at radius 3 is 2.69 bits per heavy atom. The van der Waals surface area contributed by atoms with E-state index in [4.69, 9.17) is 25.2 Å². The third-order valence-corrected chi connectivity index (χ3v) is 5.53. The zero-order valence-corrected chi connectivity index (χ0v) is 15.8. The van der Waals surface area contributed by atoms with Crippen LogP contribution < -0.4 is 11.1 Å². The van der Waals surface area contributed by atoms with Crippen LogP contribution in [0.4, 0.5) is 4.39 Å². The monoisotopic (exact) mass is 380 g/mol. The van der Waals surface area contributed by atoms with Crippen LogP contribution in [0.3, 0.4) is 0 Å². The van der Waals surface area contributed by atoms with Gasteiger partial charge in [0, 0.05) is 11.1 Å². The van der Waals surface area contributed by atoms with Gasteiger partial charge in [-0.1, -0.05) is 30.8 Å². The first kappa shape index (κ1) is 21.2. The zero-order valence-electron chi connectivity index (χ0n) is 15.0. The lowest BCUT2D eigenvalue weighted by Crippen LogP contribution is -2.61. The number of hydrogen-bond acceptors (Lipinski definition) is 3. The van der Waals surface area contributed by atoms with Crippen LogP contribution >= 0.6 is 11.6 Å². The van der Waals surface area contributed by atoms with Crippen LogP contribution in [0.1, 0.15) is 44.1 Å². The van der Waals surface area contributed by atoms with Gasteiger partial charge in [0.2, 0.25) is 0 Å². The molecular formula is C19H27BClFN2O2. The van der Waals surface area contributed by atoms with Crippen LogP contribution in [0.15, 0.2) is 18.2 Å². The van der Waals surface area contributed by atoms with E-state index in [1.54, 1.807) is 6.07 Å². The summed E-state index contributed by atoms with van der Waals surface area (Å²) in [5.41, 5.74) is 5.93. The summed E-state index contributed by atoms with van der Waals surface area (Å²) in [7, 11) is 5.48. The largest absolute Gasteiger partial charge is 0.480 e. The van der Waals surface area contributed by atoms with E-state index in [0.29, 0.717) is 23.8 Å². The molecule has 142 valence electrons. The minimum absolute atomic E-state index is 0.00250. The average molecular weight is 381 g/mol. The molecule has 1 unspecified atom stereocenters. The Kier molecular flexibility index (Phi) is 7.93. The van der Waals surface area contributed by atoms with Crippen LogP contribution in [0.5, 0.6) is 0 Å². The average Bonchev–Trinajstić information content (AvgIpc) is 2.51. The van der Waals surface area contributed by atoms with Crippen molar-refractivity contribution >= 4 is 25.4 Å². The van der Waals surface area contributed by atoms with Gasteiger partial charge in [0.25, 0.3) is 0 Å². The van der Waals surface area contributed by atoms with Crippen LogP contribution in [0, 0.1) is 11.7 Å². The number of benzene rings is 1. The summed E-state index contributed by atoms with van der Waals surface area (Å²) in [6.45, 7) is 0.795. The first-order valence-corrected chi connectivity index (χ1v) is 9.63. The van der Waals surface area contributed by atoms with Gasteiger partial charge in [-0.15, -0.1) is 0 Å². The predicted octanol–water partition coefficient (Wildman–Crippen LogP) is 3.32. The molecule has 1 fully saturated rings. The molecule has 1 aliphatic rings.